The van der Waals surface area contributed by atoms with Crippen molar-refractivity contribution in [2.45, 2.75) is 13.8 Å². The maximum absolute atomic E-state index is 12.6. The highest BCUT2D eigenvalue weighted by Crippen LogP contribution is 2.24. The Morgan fingerprint density at radius 2 is 1.70 bits per heavy atom. The number of rotatable bonds is 3. The van der Waals surface area contributed by atoms with Crippen LogP contribution in [0.5, 0.6) is 0 Å². The number of anilines is 2. The van der Waals surface area contributed by atoms with E-state index in [-0.39, 0.29) is 6.03 Å². The highest BCUT2D eigenvalue weighted by molar-refractivity contribution is 5.94. The lowest BCUT2D eigenvalue weighted by molar-refractivity contribution is 0.0600. The van der Waals surface area contributed by atoms with Gasteiger partial charge in [-0.05, 0) is 49.2 Å². The summed E-state index contributed by atoms with van der Waals surface area (Å²) in [7, 11) is 1.34. The molecule has 2 amide bonds. The normalized spacial score (nSPS) is 14.0. The fraction of sp³-hybridized carbons (Fsp3) is 0.333. The molecule has 0 radical (unpaired) electrons. The second kappa shape index (κ2) is 8.12. The molecule has 0 unspecified atom stereocenters. The lowest BCUT2D eigenvalue weighted by atomic mass is 10.1. The molecule has 1 fully saturated rings. The molecule has 1 aliphatic rings. The molecular formula is C21H25N3O3. The van der Waals surface area contributed by atoms with E-state index in [1.165, 1.54) is 23.9 Å². The number of urea groups is 1. The molecular weight excluding hydrogens is 342 g/mol. The average Bonchev–Trinajstić information content (AvgIpc) is 2.70. The Morgan fingerprint density at radius 1 is 1.00 bits per heavy atom. The van der Waals surface area contributed by atoms with Crippen molar-refractivity contribution in [3.63, 3.8) is 0 Å². The van der Waals surface area contributed by atoms with E-state index in [2.05, 4.69) is 42.3 Å². The Morgan fingerprint density at radius 3 is 2.41 bits per heavy atom. The molecule has 0 atom stereocenters. The predicted molar refractivity (Wildman–Crippen MR) is 107 cm³/mol. The Kier molecular flexibility index (Phi) is 5.64. The lowest BCUT2D eigenvalue weighted by Gasteiger charge is -2.37. The molecule has 1 N–H and O–H groups in total. The highest BCUT2D eigenvalue weighted by Gasteiger charge is 2.22. The largest absolute Gasteiger partial charge is 0.465 e. The van der Waals surface area contributed by atoms with Crippen molar-refractivity contribution in [1.82, 2.24) is 4.90 Å². The number of piperazine rings is 1. The number of benzene rings is 2. The minimum absolute atomic E-state index is 0.155. The van der Waals surface area contributed by atoms with Crippen LogP contribution in [0.15, 0.2) is 42.5 Å². The molecule has 0 bridgehead atoms. The van der Waals surface area contributed by atoms with Crippen LogP contribution in [0.2, 0.25) is 0 Å². The maximum atomic E-state index is 12.6. The summed E-state index contributed by atoms with van der Waals surface area (Å²) in [5, 5.41) is 2.87. The van der Waals surface area contributed by atoms with Crippen molar-refractivity contribution >= 4 is 23.4 Å². The quantitative estimate of drug-likeness (QED) is 0.844. The number of carbonyl (C=O) groups excluding carboxylic acids is 2. The molecule has 2 aromatic carbocycles. The van der Waals surface area contributed by atoms with Crippen LogP contribution in [-0.4, -0.2) is 50.2 Å². The van der Waals surface area contributed by atoms with Crippen LogP contribution in [0, 0.1) is 13.8 Å². The molecule has 6 heteroatoms. The van der Waals surface area contributed by atoms with E-state index in [1.807, 2.05) is 0 Å². The van der Waals surface area contributed by atoms with Crippen LogP contribution in [0.3, 0.4) is 0 Å². The van der Waals surface area contributed by atoms with Gasteiger partial charge in [0.25, 0.3) is 0 Å². The first-order chi connectivity index (χ1) is 13.0. The molecule has 3 rings (SSSR count). The van der Waals surface area contributed by atoms with E-state index in [0.29, 0.717) is 24.3 Å². The van der Waals surface area contributed by atoms with E-state index in [4.69, 9.17) is 4.74 Å². The van der Waals surface area contributed by atoms with Crippen LogP contribution >= 0.6 is 0 Å². The van der Waals surface area contributed by atoms with Crippen molar-refractivity contribution in [1.29, 1.82) is 0 Å². The van der Waals surface area contributed by atoms with Gasteiger partial charge in [-0.15, -0.1) is 0 Å². The number of nitrogens with one attached hydrogen (secondary N) is 1. The van der Waals surface area contributed by atoms with Gasteiger partial charge in [-0.25, -0.2) is 9.59 Å². The smallest absolute Gasteiger partial charge is 0.337 e. The topological polar surface area (TPSA) is 61.9 Å². The van der Waals surface area contributed by atoms with Gasteiger partial charge in [0.15, 0.2) is 0 Å². The summed E-state index contributed by atoms with van der Waals surface area (Å²) in [4.78, 5) is 28.3. The summed E-state index contributed by atoms with van der Waals surface area (Å²) >= 11 is 0. The van der Waals surface area contributed by atoms with Gasteiger partial charge in [-0.1, -0.05) is 18.2 Å². The van der Waals surface area contributed by atoms with Crippen LogP contribution in [0.4, 0.5) is 16.2 Å². The SMILES string of the molecule is COC(=O)c1cccc(NC(=O)N2CCN(c3cccc(C)c3C)CC2)c1. The summed E-state index contributed by atoms with van der Waals surface area (Å²) in [6.07, 6.45) is 0. The van der Waals surface area contributed by atoms with E-state index in [0.717, 1.165) is 13.1 Å². The third-order valence-electron chi connectivity index (χ3n) is 5.02. The van der Waals surface area contributed by atoms with Gasteiger partial charge in [0.05, 0.1) is 12.7 Å². The first-order valence-corrected chi connectivity index (χ1v) is 9.05. The minimum atomic E-state index is -0.423. The number of esters is 1. The lowest BCUT2D eigenvalue weighted by Crippen LogP contribution is -2.50. The first-order valence-electron chi connectivity index (χ1n) is 9.05. The monoisotopic (exact) mass is 367 g/mol. The Labute approximate surface area is 159 Å². The second-order valence-electron chi connectivity index (χ2n) is 6.70. The number of methoxy groups -OCH3 is 1. The summed E-state index contributed by atoms with van der Waals surface area (Å²) in [6, 6.07) is 12.9. The zero-order valence-electron chi connectivity index (χ0n) is 16.0. The first kappa shape index (κ1) is 18.8. The van der Waals surface area contributed by atoms with Crippen molar-refractivity contribution in [3.05, 3.63) is 59.2 Å². The Hall–Kier alpha value is -3.02. The summed E-state index contributed by atoms with van der Waals surface area (Å²) in [6.45, 7) is 7.13. The fourth-order valence-electron chi connectivity index (χ4n) is 3.27. The summed E-state index contributed by atoms with van der Waals surface area (Å²) in [5.41, 5.74) is 4.80. The van der Waals surface area contributed by atoms with Crippen LogP contribution in [0.1, 0.15) is 21.5 Å². The number of hydrogen-bond acceptors (Lipinski definition) is 4. The van der Waals surface area contributed by atoms with E-state index in [9.17, 15) is 9.59 Å². The molecule has 6 nitrogen and oxygen atoms in total. The third kappa shape index (κ3) is 4.22. The zero-order chi connectivity index (χ0) is 19.4. The minimum Gasteiger partial charge on any atom is -0.465 e. The average molecular weight is 367 g/mol. The van der Waals surface area contributed by atoms with Gasteiger partial charge in [0.2, 0.25) is 0 Å². The molecule has 0 saturated carbocycles. The van der Waals surface area contributed by atoms with Crippen LogP contribution in [0.25, 0.3) is 0 Å². The van der Waals surface area contributed by atoms with Crippen LogP contribution in [-0.2, 0) is 4.74 Å². The molecule has 142 valence electrons. The van der Waals surface area contributed by atoms with Gasteiger partial charge in [-0.2, -0.15) is 0 Å². The third-order valence-corrected chi connectivity index (χ3v) is 5.02. The van der Waals surface area contributed by atoms with Crippen LogP contribution < -0.4 is 10.2 Å². The number of hydrogen-bond donors (Lipinski definition) is 1. The number of ether oxygens (including phenoxy) is 1. The number of aryl methyl sites for hydroxylation is 1. The van der Waals surface area contributed by atoms with E-state index >= 15 is 0 Å². The molecule has 2 aromatic rings. The molecule has 1 aliphatic heterocycles. The van der Waals surface area contributed by atoms with Gasteiger partial charge in [0, 0.05) is 37.6 Å². The molecule has 1 heterocycles. The molecule has 0 aromatic heterocycles. The number of carbonyl (C=O) groups is 2. The van der Waals surface area contributed by atoms with E-state index in [1.54, 1.807) is 29.2 Å². The Balaban J connectivity index is 1.60. The zero-order valence-corrected chi connectivity index (χ0v) is 16.0. The summed E-state index contributed by atoms with van der Waals surface area (Å²) in [5.74, 6) is -0.423. The number of nitrogens with zero attached hydrogens (tertiary/aromatic N) is 2. The predicted octanol–water partition coefficient (Wildman–Crippen LogP) is 3.44. The number of amides is 2. The highest BCUT2D eigenvalue weighted by atomic mass is 16.5. The molecule has 27 heavy (non-hydrogen) atoms. The van der Waals surface area contributed by atoms with Crippen molar-refractivity contribution in [3.8, 4) is 0 Å². The molecule has 1 saturated heterocycles. The van der Waals surface area contributed by atoms with Gasteiger partial charge < -0.3 is 19.9 Å². The van der Waals surface area contributed by atoms with Gasteiger partial charge in [-0.3, -0.25) is 0 Å². The molecule has 0 aliphatic carbocycles. The second-order valence-corrected chi connectivity index (χ2v) is 6.70. The van der Waals surface area contributed by atoms with Gasteiger partial charge >= 0.3 is 12.0 Å². The van der Waals surface area contributed by atoms with Crippen molar-refractivity contribution in [2.75, 3.05) is 43.5 Å². The fourth-order valence-corrected chi connectivity index (χ4v) is 3.27. The van der Waals surface area contributed by atoms with Crippen molar-refractivity contribution in [2.24, 2.45) is 0 Å². The van der Waals surface area contributed by atoms with Crippen molar-refractivity contribution < 1.29 is 14.3 Å². The van der Waals surface area contributed by atoms with Gasteiger partial charge in [0.1, 0.15) is 0 Å². The maximum Gasteiger partial charge on any atom is 0.337 e. The van der Waals surface area contributed by atoms with E-state index < -0.39 is 5.97 Å². The summed E-state index contributed by atoms with van der Waals surface area (Å²) < 4.78 is 4.72. The molecule has 0 spiro atoms. The standard InChI is InChI=1S/C21H25N3O3/c1-15-6-4-9-19(16(15)2)23-10-12-24(13-11-23)21(26)22-18-8-5-7-17(14-18)20(25)27-3/h4-9,14H,10-13H2,1-3H3,(H,22,26). The Bertz CT molecular complexity index is 842.